The molecule has 7 heteroatoms. The highest BCUT2D eigenvalue weighted by atomic mass is 32.2. The molecule has 1 aromatic carbocycles. The monoisotopic (exact) mass is 313 g/mol. The molecule has 1 amide bonds. The molecule has 0 fully saturated rings. The van der Waals surface area contributed by atoms with E-state index in [2.05, 4.69) is 5.32 Å². The summed E-state index contributed by atoms with van der Waals surface area (Å²) in [6.07, 6.45) is 0.612. The minimum absolute atomic E-state index is 0.142. The Morgan fingerprint density at radius 3 is 2.29 bits per heavy atom. The molecule has 0 atom stereocenters. The third kappa shape index (κ3) is 4.80. The summed E-state index contributed by atoms with van der Waals surface area (Å²) in [5.74, 6) is -0.197. The summed E-state index contributed by atoms with van der Waals surface area (Å²) in [5.41, 5.74) is 6.03. The van der Waals surface area contributed by atoms with E-state index in [0.29, 0.717) is 25.2 Å². The zero-order valence-corrected chi connectivity index (χ0v) is 13.5. The van der Waals surface area contributed by atoms with Crippen molar-refractivity contribution in [1.29, 1.82) is 0 Å². The van der Waals surface area contributed by atoms with E-state index in [-0.39, 0.29) is 16.8 Å². The second kappa shape index (κ2) is 7.53. The van der Waals surface area contributed by atoms with Crippen molar-refractivity contribution in [1.82, 2.24) is 4.31 Å². The topological polar surface area (TPSA) is 92.5 Å². The lowest BCUT2D eigenvalue weighted by Gasteiger charge is -2.25. The van der Waals surface area contributed by atoms with Crippen LogP contribution in [-0.2, 0) is 14.8 Å². The van der Waals surface area contributed by atoms with Crippen molar-refractivity contribution in [3.63, 3.8) is 0 Å². The summed E-state index contributed by atoms with van der Waals surface area (Å²) in [4.78, 5) is 11.2. The van der Waals surface area contributed by atoms with Crippen molar-refractivity contribution in [2.45, 2.75) is 38.1 Å². The highest BCUT2D eigenvalue weighted by molar-refractivity contribution is 7.89. The van der Waals surface area contributed by atoms with Gasteiger partial charge in [-0.2, -0.15) is 4.31 Å². The summed E-state index contributed by atoms with van der Waals surface area (Å²) in [6, 6.07) is 6.01. The highest BCUT2D eigenvalue weighted by Crippen LogP contribution is 2.20. The van der Waals surface area contributed by atoms with Gasteiger partial charge in [-0.25, -0.2) is 8.42 Å². The van der Waals surface area contributed by atoms with Crippen molar-refractivity contribution in [2.24, 2.45) is 5.73 Å². The van der Waals surface area contributed by atoms with E-state index in [1.54, 1.807) is 12.1 Å². The predicted octanol–water partition coefficient (Wildman–Crippen LogP) is 1.39. The highest BCUT2D eigenvalue weighted by Gasteiger charge is 2.26. The van der Waals surface area contributed by atoms with Gasteiger partial charge in [0.25, 0.3) is 0 Å². The fourth-order valence-corrected chi connectivity index (χ4v) is 3.63. The fraction of sp³-hybridized carbons (Fsp3) is 0.500. The molecule has 21 heavy (non-hydrogen) atoms. The Morgan fingerprint density at radius 2 is 1.86 bits per heavy atom. The molecule has 0 aliphatic carbocycles. The molecule has 0 aliphatic heterocycles. The van der Waals surface area contributed by atoms with Gasteiger partial charge < -0.3 is 11.1 Å². The van der Waals surface area contributed by atoms with Crippen LogP contribution in [0, 0.1) is 0 Å². The summed E-state index contributed by atoms with van der Waals surface area (Å²) in [6.45, 7) is 5.90. The van der Waals surface area contributed by atoms with Crippen LogP contribution in [0.15, 0.2) is 29.2 Å². The Labute approximate surface area is 126 Å². The molecule has 0 saturated carbocycles. The molecule has 0 bridgehead atoms. The van der Waals surface area contributed by atoms with Crippen molar-refractivity contribution in [2.75, 3.05) is 18.4 Å². The predicted molar refractivity (Wildman–Crippen MR) is 83.4 cm³/mol. The largest absolute Gasteiger partial charge is 0.330 e. The second-order valence-electron chi connectivity index (χ2n) is 5.06. The fourth-order valence-electron chi connectivity index (χ4n) is 1.95. The van der Waals surface area contributed by atoms with Crippen LogP contribution in [0.4, 0.5) is 5.69 Å². The van der Waals surface area contributed by atoms with Gasteiger partial charge in [-0.05, 0) is 51.1 Å². The summed E-state index contributed by atoms with van der Waals surface area (Å²) in [7, 11) is -3.55. The zero-order chi connectivity index (χ0) is 16.0. The van der Waals surface area contributed by atoms with Gasteiger partial charge in [-0.15, -0.1) is 0 Å². The molecule has 0 aliphatic rings. The molecule has 6 nitrogen and oxygen atoms in total. The van der Waals surface area contributed by atoms with Crippen molar-refractivity contribution in [3.05, 3.63) is 24.3 Å². The van der Waals surface area contributed by atoms with Crippen molar-refractivity contribution in [3.8, 4) is 0 Å². The number of nitrogens with zero attached hydrogens (tertiary/aromatic N) is 1. The Kier molecular flexibility index (Phi) is 6.32. The number of benzene rings is 1. The van der Waals surface area contributed by atoms with Crippen LogP contribution in [0.1, 0.15) is 27.2 Å². The molecule has 0 aromatic heterocycles. The number of hydrogen-bond donors (Lipinski definition) is 2. The Morgan fingerprint density at radius 1 is 1.29 bits per heavy atom. The number of nitrogens with one attached hydrogen (secondary N) is 1. The van der Waals surface area contributed by atoms with E-state index in [1.807, 2.05) is 13.8 Å². The molecule has 1 aromatic rings. The Balaban J connectivity index is 3.02. The minimum atomic E-state index is -3.55. The third-order valence-electron chi connectivity index (χ3n) is 2.94. The van der Waals surface area contributed by atoms with E-state index in [9.17, 15) is 13.2 Å². The number of hydrogen-bond acceptors (Lipinski definition) is 4. The van der Waals surface area contributed by atoms with Crippen LogP contribution >= 0.6 is 0 Å². The van der Waals surface area contributed by atoms with Gasteiger partial charge in [0.1, 0.15) is 0 Å². The lowest BCUT2D eigenvalue weighted by Crippen LogP contribution is -2.38. The maximum absolute atomic E-state index is 12.6. The molecular formula is C14H23N3O3S. The quantitative estimate of drug-likeness (QED) is 0.795. The van der Waals surface area contributed by atoms with E-state index in [4.69, 9.17) is 5.73 Å². The Hall–Kier alpha value is -1.44. The lowest BCUT2D eigenvalue weighted by atomic mass is 10.3. The van der Waals surface area contributed by atoms with Crippen LogP contribution in [0.25, 0.3) is 0 Å². The van der Waals surface area contributed by atoms with Crippen LogP contribution in [0.2, 0.25) is 0 Å². The molecular weight excluding hydrogens is 290 g/mol. The first-order valence-corrected chi connectivity index (χ1v) is 8.32. The zero-order valence-electron chi connectivity index (χ0n) is 12.7. The molecule has 0 saturated heterocycles. The number of carbonyl (C=O) groups is 1. The molecule has 1 rings (SSSR count). The molecule has 0 heterocycles. The number of amides is 1. The SMILES string of the molecule is CC(=O)Nc1ccc(S(=O)(=O)N(CCCN)C(C)C)cc1. The van der Waals surface area contributed by atoms with Gasteiger partial charge in [-0.1, -0.05) is 0 Å². The average molecular weight is 313 g/mol. The van der Waals surface area contributed by atoms with Gasteiger partial charge in [-0.3, -0.25) is 4.79 Å². The van der Waals surface area contributed by atoms with Gasteiger partial charge in [0, 0.05) is 25.2 Å². The minimum Gasteiger partial charge on any atom is -0.330 e. The molecule has 0 unspecified atom stereocenters. The lowest BCUT2D eigenvalue weighted by molar-refractivity contribution is -0.114. The summed E-state index contributed by atoms with van der Waals surface area (Å²) in [5, 5.41) is 2.61. The van der Waals surface area contributed by atoms with Crippen molar-refractivity contribution >= 4 is 21.6 Å². The average Bonchev–Trinajstić information content (AvgIpc) is 2.38. The van der Waals surface area contributed by atoms with E-state index in [0.717, 1.165) is 0 Å². The second-order valence-corrected chi connectivity index (χ2v) is 6.95. The van der Waals surface area contributed by atoms with Crippen LogP contribution in [0.3, 0.4) is 0 Å². The Bertz CT molecular complexity index is 568. The number of sulfonamides is 1. The first kappa shape index (κ1) is 17.6. The van der Waals surface area contributed by atoms with Crippen LogP contribution in [0.5, 0.6) is 0 Å². The molecule has 118 valence electrons. The van der Waals surface area contributed by atoms with Gasteiger partial charge in [0.2, 0.25) is 15.9 Å². The van der Waals surface area contributed by atoms with E-state index >= 15 is 0 Å². The van der Waals surface area contributed by atoms with Gasteiger partial charge >= 0.3 is 0 Å². The maximum atomic E-state index is 12.6. The standard InChI is InChI=1S/C14H23N3O3S/c1-11(2)17(10-4-9-15)21(19,20)14-7-5-13(6-8-14)16-12(3)18/h5-8,11H,4,9-10,15H2,1-3H3,(H,16,18). The maximum Gasteiger partial charge on any atom is 0.243 e. The number of nitrogens with two attached hydrogens (primary N) is 1. The molecule has 0 radical (unpaired) electrons. The van der Waals surface area contributed by atoms with E-state index < -0.39 is 10.0 Å². The molecule has 3 N–H and O–H groups in total. The molecule has 0 spiro atoms. The van der Waals surface area contributed by atoms with Gasteiger partial charge in [0.05, 0.1) is 4.90 Å². The van der Waals surface area contributed by atoms with Crippen LogP contribution < -0.4 is 11.1 Å². The first-order valence-electron chi connectivity index (χ1n) is 6.88. The van der Waals surface area contributed by atoms with Crippen LogP contribution in [-0.4, -0.2) is 37.8 Å². The first-order chi connectivity index (χ1) is 9.78. The van der Waals surface area contributed by atoms with E-state index in [1.165, 1.54) is 23.4 Å². The van der Waals surface area contributed by atoms with Gasteiger partial charge in [0.15, 0.2) is 0 Å². The normalized spacial score (nSPS) is 11.9. The summed E-state index contributed by atoms with van der Waals surface area (Å²) < 4.78 is 26.7. The smallest absolute Gasteiger partial charge is 0.243 e. The number of anilines is 1. The van der Waals surface area contributed by atoms with Crippen molar-refractivity contribution < 1.29 is 13.2 Å². The summed E-state index contributed by atoms with van der Waals surface area (Å²) >= 11 is 0. The number of rotatable bonds is 7. The number of carbonyl (C=O) groups excluding carboxylic acids is 1. The third-order valence-corrected chi connectivity index (χ3v) is 5.03.